The molecule has 0 bridgehead atoms. The highest BCUT2D eigenvalue weighted by molar-refractivity contribution is 7.92. The SMILES string of the molecule is Cc1cc(C)c(C)c(S(=O)(=O)N[C@@H]2CS(=O)(=O)C[C@H]2O)c1C. The van der Waals surface area contributed by atoms with E-state index in [1.165, 1.54) is 0 Å². The van der Waals surface area contributed by atoms with Gasteiger partial charge in [0.25, 0.3) is 0 Å². The molecule has 0 unspecified atom stereocenters. The second kappa shape index (κ2) is 5.59. The molecule has 1 aromatic rings. The molecule has 0 saturated carbocycles. The third kappa shape index (κ3) is 3.19. The van der Waals surface area contributed by atoms with E-state index in [-0.39, 0.29) is 10.6 Å². The number of hydrogen-bond donors (Lipinski definition) is 2. The van der Waals surface area contributed by atoms with Crippen LogP contribution >= 0.6 is 0 Å². The maximum absolute atomic E-state index is 12.7. The van der Waals surface area contributed by atoms with Crippen molar-refractivity contribution in [1.29, 1.82) is 0 Å². The van der Waals surface area contributed by atoms with Gasteiger partial charge in [0, 0.05) is 0 Å². The molecule has 1 aromatic carbocycles. The van der Waals surface area contributed by atoms with Crippen LogP contribution in [-0.2, 0) is 19.9 Å². The number of rotatable bonds is 3. The predicted molar refractivity (Wildman–Crippen MR) is 84.2 cm³/mol. The first-order valence-electron chi connectivity index (χ1n) is 6.93. The van der Waals surface area contributed by atoms with E-state index in [1.807, 2.05) is 19.9 Å². The Morgan fingerprint density at radius 2 is 1.59 bits per heavy atom. The van der Waals surface area contributed by atoms with Gasteiger partial charge in [0.1, 0.15) is 0 Å². The van der Waals surface area contributed by atoms with Crippen molar-refractivity contribution in [3.63, 3.8) is 0 Å². The summed E-state index contributed by atoms with van der Waals surface area (Å²) >= 11 is 0. The molecule has 22 heavy (non-hydrogen) atoms. The van der Waals surface area contributed by atoms with Crippen LogP contribution < -0.4 is 4.72 Å². The number of hydrogen-bond acceptors (Lipinski definition) is 5. The van der Waals surface area contributed by atoms with Crippen LogP contribution in [-0.4, -0.2) is 45.6 Å². The van der Waals surface area contributed by atoms with Crippen molar-refractivity contribution in [3.05, 3.63) is 28.3 Å². The van der Waals surface area contributed by atoms with Crippen molar-refractivity contribution in [1.82, 2.24) is 4.72 Å². The summed E-state index contributed by atoms with van der Waals surface area (Å²) < 4.78 is 50.7. The third-order valence-corrected chi connectivity index (χ3v) is 7.67. The number of aliphatic hydroxyl groups is 1. The first-order chi connectivity index (χ1) is 9.94. The summed E-state index contributed by atoms with van der Waals surface area (Å²) in [6.45, 7) is 7.10. The van der Waals surface area contributed by atoms with Gasteiger partial charge in [-0.15, -0.1) is 0 Å². The lowest BCUT2D eigenvalue weighted by Crippen LogP contribution is -2.43. The molecule has 2 atom stereocenters. The summed E-state index contributed by atoms with van der Waals surface area (Å²) in [4.78, 5) is 0.168. The minimum Gasteiger partial charge on any atom is -0.390 e. The highest BCUT2D eigenvalue weighted by atomic mass is 32.2. The number of benzene rings is 1. The maximum Gasteiger partial charge on any atom is 0.241 e. The Hall–Kier alpha value is -0.960. The quantitative estimate of drug-likeness (QED) is 0.822. The predicted octanol–water partition coefficient (Wildman–Crippen LogP) is 0.356. The highest BCUT2D eigenvalue weighted by Crippen LogP contribution is 2.27. The summed E-state index contributed by atoms with van der Waals surface area (Å²) in [5, 5.41) is 9.78. The average molecular weight is 347 g/mol. The second-order valence-electron chi connectivity index (χ2n) is 5.96. The van der Waals surface area contributed by atoms with Crippen molar-refractivity contribution < 1.29 is 21.9 Å². The van der Waals surface area contributed by atoms with E-state index in [9.17, 15) is 21.9 Å². The van der Waals surface area contributed by atoms with Gasteiger partial charge in [-0.05, 0) is 49.9 Å². The number of nitrogens with one attached hydrogen (secondary N) is 1. The van der Waals surface area contributed by atoms with Crippen LogP contribution in [0.15, 0.2) is 11.0 Å². The monoisotopic (exact) mass is 347 g/mol. The summed E-state index contributed by atoms with van der Waals surface area (Å²) in [6, 6.07) is 0.910. The van der Waals surface area contributed by atoms with Gasteiger partial charge < -0.3 is 5.11 Å². The molecule has 1 fully saturated rings. The van der Waals surface area contributed by atoms with Gasteiger partial charge in [0.2, 0.25) is 10.0 Å². The van der Waals surface area contributed by atoms with Gasteiger partial charge in [-0.25, -0.2) is 21.6 Å². The molecular formula is C14H21NO5S2. The molecule has 1 aliphatic heterocycles. The molecular weight excluding hydrogens is 326 g/mol. The maximum atomic E-state index is 12.7. The molecule has 2 rings (SSSR count). The molecule has 0 amide bonds. The smallest absolute Gasteiger partial charge is 0.241 e. The van der Waals surface area contributed by atoms with Gasteiger partial charge in [0.05, 0.1) is 28.5 Å². The van der Waals surface area contributed by atoms with E-state index in [4.69, 9.17) is 0 Å². The number of aliphatic hydroxyl groups excluding tert-OH is 1. The lowest BCUT2D eigenvalue weighted by Gasteiger charge is -2.19. The molecule has 0 aromatic heterocycles. The first kappa shape index (κ1) is 17.4. The molecule has 1 heterocycles. The van der Waals surface area contributed by atoms with Crippen LogP contribution in [0.5, 0.6) is 0 Å². The Bertz CT molecular complexity index is 786. The van der Waals surface area contributed by atoms with Gasteiger partial charge in [-0.1, -0.05) is 6.07 Å². The van der Waals surface area contributed by atoms with Crippen molar-refractivity contribution in [2.75, 3.05) is 11.5 Å². The first-order valence-corrected chi connectivity index (χ1v) is 10.2. The Balaban J connectivity index is 2.45. The van der Waals surface area contributed by atoms with E-state index < -0.39 is 37.8 Å². The van der Waals surface area contributed by atoms with Crippen molar-refractivity contribution in [2.24, 2.45) is 0 Å². The zero-order valence-electron chi connectivity index (χ0n) is 13.0. The molecule has 0 spiro atoms. The fraction of sp³-hybridized carbons (Fsp3) is 0.571. The van der Waals surface area contributed by atoms with Crippen molar-refractivity contribution >= 4 is 19.9 Å². The number of aryl methyl sites for hydroxylation is 2. The zero-order chi connectivity index (χ0) is 16.9. The molecule has 0 aliphatic carbocycles. The van der Waals surface area contributed by atoms with Crippen LogP contribution in [0.25, 0.3) is 0 Å². The van der Waals surface area contributed by atoms with E-state index in [0.717, 1.165) is 11.1 Å². The van der Waals surface area contributed by atoms with Crippen LogP contribution in [0.3, 0.4) is 0 Å². The number of sulfone groups is 1. The fourth-order valence-electron chi connectivity index (χ4n) is 2.78. The van der Waals surface area contributed by atoms with Crippen LogP contribution in [0, 0.1) is 27.7 Å². The molecule has 124 valence electrons. The molecule has 2 N–H and O–H groups in total. The molecule has 1 saturated heterocycles. The van der Waals surface area contributed by atoms with Crippen molar-refractivity contribution in [3.8, 4) is 0 Å². The average Bonchev–Trinajstić information content (AvgIpc) is 2.59. The molecule has 0 radical (unpaired) electrons. The Morgan fingerprint density at radius 3 is 2.00 bits per heavy atom. The second-order valence-corrected chi connectivity index (χ2v) is 9.77. The van der Waals surface area contributed by atoms with E-state index in [2.05, 4.69) is 4.72 Å². The van der Waals surface area contributed by atoms with Crippen LogP contribution in [0.4, 0.5) is 0 Å². The summed E-state index contributed by atoms with van der Waals surface area (Å²) in [6.07, 6.45) is -1.22. The lowest BCUT2D eigenvalue weighted by molar-refractivity contribution is 0.176. The van der Waals surface area contributed by atoms with E-state index in [1.54, 1.807) is 13.8 Å². The summed E-state index contributed by atoms with van der Waals surface area (Å²) in [5.74, 6) is -0.790. The summed E-state index contributed by atoms with van der Waals surface area (Å²) in [5.41, 5.74) is 2.96. The Labute approximate surface area is 131 Å². The number of sulfonamides is 1. The van der Waals surface area contributed by atoms with Crippen molar-refractivity contribution in [2.45, 2.75) is 44.7 Å². The van der Waals surface area contributed by atoms with Gasteiger partial charge >= 0.3 is 0 Å². The normalized spacial score (nSPS) is 24.6. The minimum atomic E-state index is -3.91. The zero-order valence-corrected chi connectivity index (χ0v) is 14.7. The van der Waals surface area contributed by atoms with Gasteiger partial charge in [0.15, 0.2) is 9.84 Å². The van der Waals surface area contributed by atoms with E-state index >= 15 is 0 Å². The van der Waals surface area contributed by atoms with Gasteiger partial charge in [-0.2, -0.15) is 0 Å². The minimum absolute atomic E-state index is 0.168. The molecule has 1 aliphatic rings. The lowest BCUT2D eigenvalue weighted by atomic mass is 10.0. The molecule has 8 heteroatoms. The van der Waals surface area contributed by atoms with Crippen LogP contribution in [0.1, 0.15) is 22.3 Å². The molecule has 6 nitrogen and oxygen atoms in total. The van der Waals surface area contributed by atoms with Gasteiger partial charge in [-0.3, -0.25) is 0 Å². The fourth-order valence-corrected chi connectivity index (χ4v) is 6.52. The third-order valence-electron chi connectivity index (χ3n) is 4.20. The summed E-state index contributed by atoms with van der Waals surface area (Å²) in [7, 11) is -7.32. The standard InChI is InChI=1S/C14H21NO5S2/c1-8-5-9(2)11(4)14(10(8)3)22(19,20)15-12-6-21(17,18)7-13(12)16/h5,12-13,15-16H,6-7H2,1-4H3/t12-,13-/m1/s1. The highest BCUT2D eigenvalue weighted by Gasteiger charge is 2.39. The Kier molecular flexibility index (Phi) is 4.42. The van der Waals surface area contributed by atoms with E-state index in [0.29, 0.717) is 11.1 Å². The largest absolute Gasteiger partial charge is 0.390 e. The Morgan fingerprint density at radius 1 is 1.09 bits per heavy atom. The topological polar surface area (TPSA) is 101 Å². The van der Waals surface area contributed by atoms with Crippen LogP contribution in [0.2, 0.25) is 0 Å².